The van der Waals surface area contributed by atoms with Crippen LogP contribution in [0.4, 0.5) is 0 Å². The SMILES string of the molecule is CCCCCCOC(=O)C(C)=CN=C=O. The largest absolute Gasteiger partial charge is 0.462 e. The predicted molar refractivity (Wildman–Crippen MR) is 57.0 cm³/mol. The van der Waals surface area contributed by atoms with Crippen LogP contribution in [0.3, 0.4) is 0 Å². The summed E-state index contributed by atoms with van der Waals surface area (Å²) in [5.74, 6) is -0.425. The van der Waals surface area contributed by atoms with Crippen molar-refractivity contribution < 1.29 is 14.3 Å². The molecule has 0 saturated heterocycles. The molecule has 84 valence electrons. The number of hydrogen-bond donors (Lipinski definition) is 0. The van der Waals surface area contributed by atoms with Crippen LogP contribution in [0.1, 0.15) is 39.5 Å². The number of nitrogens with zero attached hydrogens (tertiary/aromatic N) is 1. The van der Waals surface area contributed by atoms with E-state index in [9.17, 15) is 9.59 Å². The molecular formula is C11H17NO3. The fourth-order valence-corrected chi connectivity index (χ4v) is 0.983. The summed E-state index contributed by atoms with van der Waals surface area (Å²) in [5.41, 5.74) is 0.314. The van der Waals surface area contributed by atoms with Gasteiger partial charge < -0.3 is 4.74 Å². The Balaban J connectivity index is 3.69. The first-order chi connectivity index (χ1) is 7.22. The van der Waals surface area contributed by atoms with Crippen molar-refractivity contribution in [3.63, 3.8) is 0 Å². The van der Waals surface area contributed by atoms with Crippen LogP contribution in [-0.2, 0) is 14.3 Å². The summed E-state index contributed by atoms with van der Waals surface area (Å²) in [5, 5.41) is 0. The molecule has 0 aromatic rings. The zero-order chi connectivity index (χ0) is 11.5. The van der Waals surface area contributed by atoms with Crippen molar-refractivity contribution in [2.45, 2.75) is 39.5 Å². The lowest BCUT2D eigenvalue weighted by molar-refractivity contribution is -0.139. The summed E-state index contributed by atoms with van der Waals surface area (Å²) in [4.78, 5) is 24.2. The molecule has 4 nitrogen and oxygen atoms in total. The van der Waals surface area contributed by atoms with Crippen molar-refractivity contribution in [3.8, 4) is 0 Å². The highest BCUT2D eigenvalue weighted by Crippen LogP contribution is 2.01. The van der Waals surface area contributed by atoms with Crippen LogP contribution in [0.15, 0.2) is 16.8 Å². The van der Waals surface area contributed by atoms with Gasteiger partial charge in [-0.05, 0) is 13.3 Å². The molecule has 0 atom stereocenters. The first kappa shape index (κ1) is 13.6. The average molecular weight is 211 g/mol. The molecular weight excluding hydrogens is 194 g/mol. The molecule has 0 aliphatic carbocycles. The molecule has 4 heteroatoms. The minimum atomic E-state index is -0.425. The van der Waals surface area contributed by atoms with Crippen LogP contribution in [0, 0.1) is 0 Å². The number of aliphatic imine (C=N–C) groups is 1. The fraction of sp³-hybridized carbons (Fsp3) is 0.636. The second-order valence-electron chi connectivity index (χ2n) is 3.23. The number of rotatable bonds is 7. The number of carbonyl (C=O) groups is 1. The van der Waals surface area contributed by atoms with Gasteiger partial charge in [0.25, 0.3) is 0 Å². The summed E-state index contributed by atoms with van der Waals surface area (Å²) in [7, 11) is 0. The molecule has 15 heavy (non-hydrogen) atoms. The lowest BCUT2D eigenvalue weighted by Gasteiger charge is -2.03. The van der Waals surface area contributed by atoms with Gasteiger partial charge in [0.05, 0.1) is 18.4 Å². The highest BCUT2D eigenvalue weighted by Gasteiger charge is 2.04. The van der Waals surface area contributed by atoms with E-state index in [0.717, 1.165) is 31.9 Å². The molecule has 0 N–H and O–H groups in total. The molecule has 0 rings (SSSR count). The molecule has 0 heterocycles. The smallest absolute Gasteiger partial charge is 0.335 e. The van der Waals surface area contributed by atoms with Gasteiger partial charge in [-0.3, -0.25) is 0 Å². The average Bonchev–Trinajstić information content (AvgIpc) is 2.25. The molecule has 0 fully saturated rings. The van der Waals surface area contributed by atoms with E-state index in [1.165, 1.54) is 6.08 Å². The van der Waals surface area contributed by atoms with Crippen LogP contribution >= 0.6 is 0 Å². The molecule has 0 unspecified atom stereocenters. The maximum Gasteiger partial charge on any atom is 0.335 e. The summed E-state index contributed by atoms with van der Waals surface area (Å²) >= 11 is 0. The Morgan fingerprint density at radius 3 is 2.73 bits per heavy atom. The Morgan fingerprint density at radius 1 is 1.40 bits per heavy atom. The van der Waals surface area contributed by atoms with Gasteiger partial charge in [0, 0.05) is 0 Å². The second kappa shape index (κ2) is 9.16. The third kappa shape index (κ3) is 7.65. The zero-order valence-electron chi connectivity index (χ0n) is 9.28. The molecule has 0 saturated carbocycles. The first-order valence-electron chi connectivity index (χ1n) is 5.13. The standard InChI is InChI=1S/C11H17NO3/c1-3-4-5-6-7-15-11(14)10(2)8-12-9-13/h8H,3-7H2,1-2H3. The number of isocyanates is 1. The summed E-state index contributed by atoms with van der Waals surface area (Å²) in [6, 6.07) is 0. The Kier molecular flexibility index (Phi) is 8.30. The Bertz CT molecular complexity index is 265. The van der Waals surface area contributed by atoms with Crippen molar-refractivity contribution in [1.29, 1.82) is 0 Å². The predicted octanol–water partition coefficient (Wildman–Crippen LogP) is 2.35. The van der Waals surface area contributed by atoms with Gasteiger partial charge in [-0.15, -0.1) is 0 Å². The van der Waals surface area contributed by atoms with E-state index in [1.54, 1.807) is 6.92 Å². The third-order valence-corrected chi connectivity index (χ3v) is 1.86. The first-order valence-corrected chi connectivity index (χ1v) is 5.13. The Morgan fingerprint density at radius 2 is 2.13 bits per heavy atom. The van der Waals surface area contributed by atoms with Crippen molar-refractivity contribution in [1.82, 2.24) is 0 Å². The molecule has 0 amide bonds. The summed E-state index contributed by atoms with van der Waals surface area (Å²) in [6.07, 6.45) is 6.74. The molecule has 0 aromatic carbocycles. The lowest BCUT2D eigenvalue weighted by atomic mass is 10.2. The van der Waals surface area contributed by atoms with E-state index in [1.807, 2.05) is 0 Å². The van der Waals surface area contributed by atoms with E-state index < -0.39 is 5.97 Å². The molecule has 0 aliphatic heterocycles. The van der Waals surface area contributed by atoms with Gasteiger partial charge in [-0.25, -0.2) is 9.59 Å². The van der Waals surface area contributed by atoms with Crippen molar-refractivity contribution in [2.24, 2.45) is 4.99 Å². The molecule has 0 bridgehead atoms. The van der Waals surface area contributed by atoms with Crippen molar-refractivity contribution in [2.75, 3.05) is 6.61 Å². The Labute approximate surface area is 90.0 Å². The molecule has 0 radical (unpaired) electrons. The fourth-order valence-electron chi connectivity index (χ4n) is 0.983. The van der Waals surface area contributed by atoms with Gasteiger partial charge >= 0.3 is 5.97 Å². The zero-order valence-corrected chi connectivity index (χ0v) is 9.28. The number of unbranched alkanes of at least 4 members (excludes halogenated alkanes) is 3. The molecule has 0 aliphatic rings. The van der Waals surface area contributed by atoms with Crippen molar-refractivity contribution in [3.05, 3.63) is 11.8 Å². The minimum Gasteiger partial charge on any atom is -0.462 e. The van der Waals surface area contributed by atoms with Gasteiger partial charge in [-0.1, -0.05) is 26.2 Å². The van der Waals surface area contributed by atoms with Crippen LogP contribution in [0.25, 0.3) is 0 Å². The molecule has 0 aromatic heterocycles. The number of carbonyl (C=O) groups excluding carboxylic acids is 2. The highest BCUT2D eigenvalue weighted by molar-refractivity contribution is 5.87. The van der Waals surface area contributed by atoms with Crippen LogP contribution < -0.4 is 0 Å². The number of hydrogen-bond acceptors (Lipinski definition) is 4. The third-order valence-electron chi connectivity index (χ3n) is 1.86. The second-order valence-corrected chi connectivity index (χ2v) is 3.23. The van der Waals surface area contributed by atoms with Gasteiger partial charge in [0.15, 0.2) is 0 Å². The monoisotopic (exact) mass is 211 g/mol. The minimum absolute atomic E-state index is 0.314. The van der Waals surface area contributed by atoms with E-state index in [-0.39, 0.29) is 0 Å². The summed E-state index contributed by atoms with van der Waals surface area (Å²) in [6.45, 7) is 4.10. The van der Waals surface area contributed by atoms with E-state index in [0.29, 0.717) is 12.2 Å². The topological polar surface area (TPSA) is 55.7 Å². The van der Waals surface area contributed by atoms with Crippen molar-refractivity contribution >= 4 is 12.0 Å². The maximum atomic E-state index is 11.2. The Hall–Kier alpha value is -1.41. The lowest BCUT2D eigenvalue weighted by Crippen LogP contribution is -2.06. The van der Waals surface area contributed by atoms with E-state index >= 15 is 0 Å². The van der Waals surface area contributed by atoms with Crippen LogP contribution in [0.5, 0.6) is 0 Å². The van der Waals surface area contributed by atoms with Gasteiger partial charge in [-0.2, -0.15) is 4.99 Å². The summed E-state index contributed by atoms with van der Waals surface area (Å²) < 4.78 is 4.95. The van der Waals surface area contributed by atoms with Crippen LogP contribution in [-0.4, -0.2) is 18.7 Å². The number of ether oxygens (including phenoxy) is 1. The highest BCUT2D eigenvalue weighted by atomic mass is 16.5. The maximum absolute atomic E-state index is 11.2. The normalized spacial score (nSPS) is 10.7. The molecule has 0 spiro atoms. The van der Waals surface area contributed by atoms with E-state index in [2.05, 4.69) is 11.9 Å². The van der Waals surface area contributed by atoms with Gasteiger partial charge in [0.2, 0.25) is 6.08 Å². The number of esters is 1. The quantitative estimate of drug-likeness (QED) is 0.213. The van der Waals surface area contributed by atoms with Gasteiger partial charge in [0.1, 0.15) is 0 Å². The van der Waals surface area contributed by atoms with Crippen LogP contribution in [0.2, 0.25) is 0 Å². The van der Waals surface area contributed by atoms with E-state index in [4.69, 9.17) is 4.74 Å².